The molecule has 3 rings (SSSR count). The summed E-state index contributed by atoms with van der Waals surface area (Å²) in [6.07, 6.45) is 2.89. The summed E-state index contributed by atoms with van der Waals surface area (Å²) in [4.78, 5) is 12.2. The Bertz CT molecular complexity index is 878. The molecule has 126 valence electrons. The zero-order valence-electron chi connectivity index (χ0n) is 13.5. The van der Waals surface area contributed by atoms with Crippen LogP contribution in [0.25, 0.3) is 0 Å². The van der Waals surface area contributed by atoms with Crippen molar-refractivity contribution in [1.29, 1.82) is 0 Å². The number of carbonyl (C=O) groups excluding carboxylic acids is 1. The Morgan fingerprint density at radius 2 is 1.75 bits per heavy atom. The first-order chi connectivity index (χ1) is 11.3. The van der Waals surface area contributed by atoms with Gasteiger partial charge in [-0.25, -0.2) is 8.42 Å². The minimum absolute atomic E-state index is 0.159. The number of hydrogen-bond acceptors (Lipinski definition) is 3. The number of fused-ring (bicyclic) bond motifs is 1. The fraction of sp³-hybridized carbons (Fsp3) is 0.278. The lowest BCUT2D eigenvalue weighted by Gasteiger charge is -2.27. The van der Waals surface area contributed by atoms with Gasteiger partial charge in [0.25, 0.3) is 0 Å². The molecular formula is C18H20N2O3S. The van der Waals surface area contributed by atoms with Crippen LogP contribution < -0.4 is 10.5 Å². The van der Waals surface area contributed by atoms with Gasteiger partial charge in [0.05, 0.1) is 4.90 Å². The van der Waals surface area contributed by atoms with Crippen molar-refractivity contribution in [3.05, 3.63) is 65.2 Å². The maximum Gasteiger partial charge on any atom is 0.243 e. The van der Waals surface area contributed by atoms with Crippen LogP contribution in [0.2, 0.25) is 0 Å². The molecule has 0 aromatic heterocycles. The zero-order valence-corrected chi connectivity index (χ0v) is 14.3. The first-order valence-electron chi connectivity index (χ1n) is 7.84. The molecule has 1 atom stereocenters. The number of nitrogens with one attached hydrogen (secondary N) is 1. The third kappa shape index (κ3) is 2.95. The van der Waals surface area contributed by atoms with Crippen LogP contribution in [0.3, 0.4) is 0 Å². The van der Waals surface area contributed by atoms with E-state index in [0.717, 1.165) is 24.8 Å². The highest BCUT2D eigenvalue weighted by atomic mass is 32.2. The van der Waals surface area contributed by atoms with Crippen LogP contribution in [0.4, 0.5) is 0 Å². The van der Waals surface area contributed by atoms with Gasteiger partial charge in [-0.1, -0.05) is 36.4 Å². The van der Waals surface area contributed by atoms with Crippen molar-refractivity contribution in [1.82, 2.24) is 4.72 Å². The molecule has 1 amide bonds. The van der Waals surface area contributed by atoms with E-state index in [-0.39, 0.29) is 4.90 Å². The molecule has 6 heteroatoms. The smallest absolute Gasteiger partial charge is 0.243 e. The maximum absolute atomic E-state index is 12.8. The number of amides is 1. The van der Waals surface area contributed by atoms with Gasteiger partial charge in [-0.15, -0.1) is 0 Å². The zero-order chi connectivity index (χ0) is 17.4. The molecule has 0 saturated carbocycles. The van der Waals surface area contributed by atoms with E-state index in [1.165, 1.54) is 12.5 Å². The molecule has 0 saturated heterocycles. The minimum Gasteiger partial charge on any atom is -0.368 e. The van der Waals surface area contributed by atoms with E-state index in [1.807, 2.05) is 6.07 Å². The lowest BCUT2D eigenvalue weighted by Crippen LogP contribution is -2.52. The van der Waals surface area contributed by atoms with Crippen molar-refractivity contribution in [2.24, 2.45) is 5.73 Å². The summed E-state index contributed by atoms with van der Waals surface area (Å²) in [6, 6.07) is 13.7. The second-order valence-corrected chi connectivity index (χ2v) is 7.93. The Hall–Kier alpha value is -2.18. The summed E-state index contributed by atoms with van der Waals surface area (Å²) >= 11 is 0. The van der Waals surface area contributed by atoms with Crippen LogP contribution in [-0.2, 0) is 33.2 Å². The summed E-state index contributed by atoms with van der Waals surface area (Å²) in [7, 11) is -3.88. The van der Waals surface area contributed by atoms with E-state index in [2.05, 4.69) is 4.72 Å². The Labute approximate surface area is 141 Å². The van der Waals surface area contributed by atoms with Crippen LogP contribution in [0.15, 0.2) is 53.4 Å². The van der Waals surface area contributed by atoms with Crippen molar-refractivity contribution < 1.29 is 13.2 Å². The molecule has 0 spiro atoms. The normalized spacial score (nSPS) is 16.4. The van der Waals surface area contributed by atoms with E-state index < -0.39 is 21.5 Å². The molecule has 2 aromatic carbocycles. The number of rotatable bonds is 5. The van der Waals surface area contributed by atoms with E-state index in [4.69, 9.17) is 5.73 Å². The SMILES string of the molecule is C[C@@](NS(=O)(=O)c1ccc2c(c1)CCC2)(C(N)=O)c1ccccc1. The molecule has 0 bridgehead atoms. The Balaban J connectivity index is 1.99. The lowest BCUT2D eigenvalue weighted by molar-refractivity contribution is -0.123. The molecule has 0 unspecified atom stereocenters. The first kappa shape index (κ1) is 16.7. The highest BCUT2D eigenvalue weighted by Gasteiger charge is 2.38. The standard InChI is InChI=1S/C18H20N2O3S/c1-18(17(19)21,15-8-3-2-4-9-15)20-24(22,23)16-11-10-13-6-5-7-14(13)12-16/h2-4,8-12,20H,5-7H2,1H3,(H2,19,21)/t18-/m0/s1. The number of carbonyl (C=O) groups is 1. The van der Waals surface area contributed by atoms with Gasteiger partial charge in [-0.05, 0) is 55.0 Å². The quantitative estimate of drug-likeness (QED) is 0.867. The molecule has 1 aliphatic carbocycles. The molecule has 24 heavy (non-hydrogen) atoms. The molecule has 0 fully saturated rings. The van der Waals surface area contributed by atoms with Gasteiger partial charge in [-0.2, -0.15) is 4.72 Å². The monoisotopic (exact) mass is 344 g/mol. The molecule has 3 N–H and O–H groups in total. The van der Waals surface area contributed by atoms with Crippen LogP contribution in [0.5, 0.6) is 0 Å². The van der Waals surface area contributed by atoms with Gasteiger partial charge < -0.3 is 5.73 Å². The van der Waals surface area contributed by atoms with Crippen molar-refractivity contribution >= 4 is 15.9 Å². The lowest BCUT2D eigenvalue weighted by atomic mass is 9.93. The van der Waals surface area contributed by atoms with Crippen LogP contribution in [0.1, 0.15) is 30.0 Å². The fourth-order valence-corrected chi connectivity index (χ4v) is 4.48. The molecular weight excluding hydrogens is 324 g/mol. The van der Waals surface area contributed by atoms with Crippen molar-refractivity contribution in [2.75, 3.05) is 0 Å². The van der Waals surface area contributed by atoms with E-state index in [9.17, 15) is 13.2 Å². The predicted octanol–water partition coefficient (Wildman–Crippen LogP) is 1.85. The minimum atomic E-state index is -3.88. The van der Waals surface area contributed by atoms with Crippen LogP contribution >= 0.6 is 0 Å². The summed E-state index contributed by atoms with van der Waals surface area (Å²) in [5.74, 6) is -0.751. The summed E-state index contributed by atoms with van der Waals surface area (Å²) < 4.78 is 28.1. The first-order valence-corrected chi connectivity index (χ1v) is 9.32. The molecule has 2 aromatic rings. The Morgan fingerprint density at radius 3 is 2.42 bits per heavy atom. The van der Waals surface area contributed by atoms with Gasteiger partial charge in [0, 0.05) is 0 Å². The largest absolute Gasteiger partial charge is 0.368 e. The van der Waals surface area contributed by atoms with Crippen molar-refractivity contribution in [2.45, 2.75) is 36.6 Å². The average Bonchev–Trinajstić information content (AvgIpc) is 3.02. The topological polar surface area (TPSA) is 89.3 Å². The van der Waals surface area contributed by atoms with E-state index in [1.54, 1.807) is 42.5 Å². The summed E-state index contributed by atoms with van der Waals surface area (Å²) in [5.41, 5.74) is 6.74. The van der Waals surface area contributed by atoms with E-state index in [0.29, 0.717) is 5.56 Å². The number of sulfonamides is 1. The Kier molecular flexibility index (Phi) is 4.19. The van der Waals surface area contributed by atoms with E-state index >= 15 is 0 Å². The molecule has 1 aliphatic rings. The summed E-state index contributed by atoms with van der Waals surface area (Å²) in [5, 5.41) is 0. The van der Waals surface area contributed by atoms with Crippen molar-refractivity contribution in [3.8, 4) is 0 Å². The van der Waals surface area contributed by atoms with Gasteiger partial charge in [0.1, 0.15) is 5.54 Å². The number of hydrogen-bond donors (Lipinski definition) is 2. The second-order valence-electron chi connectivity index (χ2n) is 6.24. The van der Waals surface area contributed by atoms with Gasteiger partial charge >= 0.3 is 0 Å². The molecule has 0 radical (unpaired) electrons. The van der Waals surface area contributed by atoms with Gasteiger partial charge in [-0.3, -0.25) is 4.79 Å². The number of aryl methyl sites for hydroxylation is 2. The third-order valence-corrected chi connectivity index (χ3v) is 6.11. The number of primary amides is 1. The highest BCUT2D eigenvalue weighted by molar-refractivity contribution is 7.89. The van der Waals surface area contributed by atoms with Crippen LogP contribution in [-0.4, -0.2) is 14.3 Å². The number of nitrogens with two attached hydrogens (primary N) is 1. The van der Waals surface area contributed by atoms with Gasteiger partial charge in [0.15, 0.2) is 0 Å². The fourth-order valence-electron chi connectivity index (χ4n) is 3.07. The second kappa shape index (κ2) is 6.03. The van der Waals surface area contributed by atoms with Gasteiger partial charge in [0.2, 0.25) is 15.9 Å². The van der Waals surface area contributed by atoms with Crippen LogP contribution in [0, 0.1) is 0 Å². The summed E-state index contributed by atoms with van der Waals surface area (Å²) in [6.45, 7) is 1.48. The maximum atomic E-state index is 12.8. The third-order valence-electron chi connectivity index (χ3n) is 4.56. The number of benzene rings is 2. The molecule has 0 heterocycles. The Morgan fingerprint density at radius 1 is 1.08 bits per heavy atom. The molecule has 5 nitrogen and oxygen atoms in total. The highest BCUT2D eigenvalue weighted by Crippen LogP contribution is 2.27. The average molecular weight is 344 g/mol. The predicted molar refractivity (Wildman–Crippen MR) is 91.8 cm³/mol. The molecule has 0 aliphatic heterocycles. The van der Waals surface area contributed by atoms with Crippen molar-refractivity contribution in [3.63, 3.8) is 0 Å².